The number of rotatable bonds is 16. The van der Waals surface area contributed by atoms with E-state index < -0.39 is 11.8 Å². The van der Waals surface area contributed by atoms with Crippen molar-refractivity contribution in [2.45, 2.75) is 52.4 Å². The summed E-state index contributed by atoms with van der Waals surface area (Å²) in [6.45, 7) is 3.59. The van der Waals surface area contributed by atoms with Crippen LogP contribution in [0.3, 0.4) is 0 Å². The first-order chi connectivity index (χ1) is 21.2. The molecule has 0 aromatic heterocycles. The Morgan fingerprint density at radius 1 is 0.591 bits per heavy atom. The standard InChI is InChI=1S/C34H40N2O8/c1-7-9-11-23(37)19-35-31(21-13-15-25(41-3)27(17-21)43-5)29-30(33(35)39)32(22-14-16-26(42-4)28(18-22)44-6)36(34(29)40)20-24(38)12-10-8-2/h13-18H,7-12,19-20H2,1-6H3. The molecule has 10 heteroatoms. The van der Waals surface area contributed by atoms with Gasteiger partial charge < -0.3 is 18.9 Å². The van der Waals surface area contributed by atoms with E-state index >= 15 is 0 Å². The number of nitrogens with zero attached hydrogens (tertiary/aromatic N) is 2. The molecular weight excluding hydrogens is 564 g/mol. The largest absolute Gasteiger partial charge is 0.493 e. The first-order valence-electron chi connectivity index (χ1n) is 14.8. The van der Waals surface area contributed by atoms with E-state index in [0.717, 1.165) is 12.8 Å². The average molecular weight is 605 g/mol. The number of fused-ring (bicyclic) bond motifs is 1. The quantitative estimate of drug-likeness (QED) is 0.262. The SMILES string of the molecule is CCCCC(=O)CN1C(=O)C2=C(c3ccc(OC)c(OC)c3)N(CC(=O)CCCC)C(=O)C2=C1c1ccc(OC)c(OC)c1. The lowest BCUT2D eigenvalue weighted by molar-refractivity contribution is -0.128. The molecule has 0 aliphatic carbocycles. The van der Waals surface area contributed by atoms with Crippen molar-refractivity contribution in [1.29, 1.82) is 0 Å². The fourth-order valence-electron chi connectivity index (χ4n) is 5.52. The molecule has 0 fully saturated rings. The highest BCUT2D eigenvalue weighted by atomic mass is 16.5. The third kappa shape index (κ3) is 6.20. The molecule has 0 N–H and O–H groups in total. The van der Waals surface area contributed by atoms with Gasteiger partial charge in [0.05, 0.1) is 64.1 Å². The number of carbonyl (C=O) groups is 4. The van der Waals surface area contributed by atoms with Crippen LogP contribution in [0.1, 0.15) is 63.5 Å². The van der Waals surface area contributed by atoms with Crippen molar-refractivity contribution in [3.63, 3.8) is 0 Å². The van der Waals surface area contributed by atoms with Gasteiger partial charge in [-0.25, -0.2) is 0 Å². The Bertz CT molecular complexity index is 1410. The second-order valence-electron chi connectivity index (χ2n) is 10.7. The zero-order chi connectivity index (χ0) is 32.0. The van der Waals surface area contributed by atoms with E-state index in [2.05, 4.69) is 0 Å². The number of carbonyl (C=O) groups excluding carboxylic acids is 4. The molecule has 234 valence electrons. The van der Waals surface area contributed by atoms with Crippen molar-refractivity contribution in [1.82, 2.24) is 9.80 Å². The summed E-state index contributed by atoms with van der Waals surface area (Å²) < 4.78 is 21.9. The molecule has 0 saturated heterocycles. The van der Waals surface area contributed by atoms with E-state index in [4.69, 9.17) is 18.9 Å². The zero-order valence-corrected chi connectivity index (χ0v) is 26.3. The zero-order valence-electron chi connectivity index (χ0n) is 26.3. The molecule has 2 amide bonds. The molecule has 0 atom stereocenters. The Hall–Kier alpha value is -4.60. The number of ketones is 2. The number of amides is 2. The number of ether oxygens (including phenoxy) is 4. The Kier molecular flexibility index (Phi) is 10.5. The van der Waals surface area contributed by atoms with Crippen molar-refractivity contribution >= 4 is 34.8 Å². The van der Waals surface area contributed by atoms with Crippen LogP contribution in [0.4, 0.5) is 0 Å². The van der Waals surface area contributed by atoms with Crippen LogP contribution in [0, 0.1) is 0 Å². The van der Waals surface area contributed by atoms with E-state index in [1.165, 1.54) is 38.2 Å². The summed E-state index contributed by atoms with van der Waals surface area (Å²) >= 11 is 0. The van der Waals surface area contributed by atoms with Crippen LogP contribution < -0.4 is 18.9 Å². The van der Waals surface area contributed by atoms with Crippen LogP contribution >= 0.6 is 0 Å². The summed E-state index contributed by atoms with van der Waals surface area (Å²) in [6.07, 6.45) is 3.66. The minimum atomic E-state index is -0.490. The molecule has 0 unspecified atom stereocenters. The van der Waals surface area contributed by atoms with Crippen LogP contribution in [0.25, 0.3) is 11.4 Å². The number of benzene rings is 2. The normalized spacial score (nSPS) is 14.4. The molecule has 0 radical (unpaired) electrons. The fraction of sp³-hybridized carbons (Fsp3) is 0.412. The Morgan fingerprint density at radius 2 is 0.955 bits per heavy atom. The summed E-state index contributed by atoms with van der Waals surface area (Å²) in [7, 11) is 6.02. The molecule has 0 bridgehead atoms. The number of methoxy groups -OCH3 is 4. The van der Waals surface area contributed by atoms with Gasteiger partial charge in [0.1, 0.15) is 0 Å². The van der Waals surface area contributed by atoms with Gasteiger partial charge in [-0.3, -0.25) is 29.0 Å². The molecule has 4 rings (SSSR count). The first-order valence-corrected chi connectivity index (χ1v) is 14.8. The maximum absolute atomic E-state index is 14.4. The molecule has 2 aliphatic rings. The first kappa shape index (κ1) is 32.3. The van der Waals surface area contributed by atoms with Gasteiger partial charge in [-0.15, -0.1) is 0 Å². The number of Topliss-reactive ketones (excluding diaryl/α,β-unsaturated/α-hetero) is 2. The van der Waals surface area contributed by atoms with Crippen molar-refractivity contribution in [3.05, 3.63) is 58.7 Å². The monoisotopic (exact) mass is 604 g/mol. The summed E-state index contributed by atoms with van der Waals surface area (Å²) in [6, 6.07) is 10.2. The summed E-state index contributed by atoms with van der Waals surface area (Å²) in [5, 5.41) is 0. The second-order valence-corrected chi connectivity index (χ2v) is 10.7. The predicted octanol–water partition coefficient (Wildman–Crippen LogP) is 5.05. The van der Waals surface area contributed by atoms with Crippen molar-refractivity contribution < 1.29 is 38.1 Å². The minimum Gasteiger partial charge on any atom is -0.493 e. The highest BCUT2D eigenvalue weighted by molar-refractivity contribution is 6.31. The van der Waals surface area contributed by atoms with Crippen LogP contribution in [0.15, 0.2) is 47.5 Å². The summed E-state index contributed by atoms with van der Waals surface area (Å²) in [5.74, 6) is 0.526. The van der Waals surface area contributed by atoms with E-state index in [0.29, 0.717) is 71.2 Å². The lowest BCUT2D eigenvalue weighted by Gasteiger charge is -2.25. The topological polar surface area (TPSA) is 112 Å². The van der Waals surface area contributed by atoms with E-state index in [1.54, 1.807) is 36.4 Å². The highest BCUT2D eigenvalue weighted by Crippen LogP contribution is 2.48. The van der Waals surface area contributed by atoms with Gasteiger partial charge >= 0.3 is 0 Å². The molecule has 2 aliphatic heterocycles. The Balaban J connectivity index is 1.98. The van der Waals surface area contributed by atoms with Crippen molar-refractivity contribution in [2.24, 2.45) is 0 Å². The molecule has 10 nitrogen and oxygen atoms in total. The molecule has 0 saturated carbocycles. The molecule has 2 aromatic rings. The number of hydrogen-bond donors (Lipinski definition) is 0. The molecule has 44 heavy (non-hydrogen) atoms. The lowest BCUT2D eigenvalue weighted by Crippen LogP contribution is -2.35. The van der Waals surface area contributed by atoms with Crippen molar-refractivity contribution in [2.75, 3.05) is 41.5 Å². The Labute approximate surface area is 258 Å². The lowest BCUT2D eigenvalue weighted by atomic mass is 10.0. The third-order valence-electron chi connectivity index (χ3n) is 7.78. The third-order valence-corrected chi connectivity index (χ3v) is 7.78. The van der Waals surface area contributed by atoms with Crippen LogP contribution in [0.2, 0.25) is 0 Å². The minimum absolute atomic E-state index is 0.119. The van der Waals surface area contributed by atoms with Crippen LogP contribution in [-0.2, 0) is 19.2 Å². The summed E-state index contributed by atoms with van der Waals surface area (Å²) in [5.41, 5.74) is 1.87. The predicted molar refractivity (Wildman–Crippen MR) is 165 cm³/mol. The van der Waals surface area contributed by atoms with E-state index in [-0.39, 0.29) is 35.8 Å². The van der Waals surface area contributed by atoms with Crippen molar-refractivity contribution in [3.8, 4) is 23.0 Å². The number of hydrogen-bond acceptors (Lipinski definition) is 8. The van der Waals surface area contributed by atoms with Crippen LogP contribution in [-0.4, -0.2) is 74.7 Å². The Morgan fingerprint density at radius 3 is 1.27 bits per heavy atom. The fourth-order valence-corrected chi connectivity index (χ4v) is 5.52. The highest BCUT2D eigenvalue weighted by Gasteiger charge is 2.49. The maximum atomic E-state index is 14.4. The van der Waals surface area contributed by atoms with Gasteiger partial charge in [0.2, 0.25) is 0 Å². The van der Waals surface area contributed by atoms with E-state index in [9.17, 15) is 19.2 Å². The van der Waals surface area contributed by atoms with Gasteiger partial charge in [0.15, 0.2) is 34.6 Å². The maximum Gasteiger partial charge on any atom is 0.261 e. The van der Waals surface area contributed by atoms with Gasteiger partial charge in [-0.1, -0.05) is 26.7 Å². The summed E-state index contributed by atoms with van der Waals surface area (Å²) in [4.78, 5) is 57.6. The van der Waals surface area contributed by atoms with Gasteiger partial charge in [0, 0.05) is 24.0 Å². The molecule has 2 heterocycles. The van der Waals surface area contributed by atoms with Gasteiger partial charge in [0.25, 0.3) is 11.8 Å². The van der Waals surface area contributed by atoms with Gasteiger partial charge in [-0.2, -0.15) is 0 Å². The molecule has 0 spiro atoms. The van der Waals surface area contributed by atoms with E-state index in [1.807, 2.05) is 13.8 Å². The molecule has 2 aromatic carbocycles. The van der Waals surface area contributed by atoms with Crippen LogP contribution in [0.5, 0.6) is 23.0 Å². The number of unbranched alkanes of at least 4 members (excludes halogenated alkanes) is 2. The molecular formula is C34H40N2O8. The average Bonchev–Trinajstić information content (AvgIpc) is 3.47. The second kappa shape index (κ2) is 14.2. The smallest absolute Gasteiger partial charge is 0.261 e. The van der Waals surface area contributed by atoms with Gasteiger partial charge in [-0.05, 0) is 49.2 Å².